The second-order valence-electron chi connectivity index (χ2n) is 9.12. The highest BCUT2D eigenvalue weighted by Crippen LogP contribution is 2.38. The fraction of sp³-hybridized carbons (Fsp3) is 0.941. The normalized spacial score (nSPS) is 25.2. The number of carbonyl (C=O) groups excluding carboxylic acids is 1. The van der Waals surface area contributed by atoms with Crippen LogP contribution in [-0.2, 0) is 19.5 Å². The van der Waals surface area contributed by atoms with Gasteiger partial charge in [0.25, 0.3) is 0 Å². The SMILES string of the molecule is CC(C)(C)OC(=O)NC1CC(C(C)(C)NS(C)(=O)=O)[C@@H](OC(C)(C)O)C1. The number of alkyl carbamates (subject to hydrolysis) is 1. The van der Waals surface area contributed by atoms with Gasteiger partial charge in [0.2, 0.25) is 10.0 Å². The van der Waals surface area contributed by atoms with E-state index in [1.165, 1.54) is 13.8 Å². The van der Waals surface area contributed by atoms with Gasteiger partial charge in [0.1, 0.15) is 5.60 Å². The molecule has 1 rings (SSSR count). The van der Waals surface area contributed by atoms with E-state index in [1.807, 2.05) is 0 Å². The Morgan fingerprint density at radius 1 is 1.08 bits per heavy atom. The number of sulfonamides is 1. The number of amides is 1. The van der Waals surface area contributed by atoms with Crippen LogP contribution in [-0.4, -0.2) is 54.9 Å². The number of carbonyl (C=O) groups is 1. The summed E-state index contributed by atoms with van der Waals surface area (Å²) in [6.07, 6.45) is 1.09. The van der Waals surface area contributed by atoms with Crippen LogP contribution in [0.1, 0.15) is 61.3 Å². The lowest BCUT2D eigenvalue weighted by Gasteiger charge is -2.37. The Kier molecular flexibility index (Phi) is 6.78. The van der Waals surface area contributed by atoms with Gasteiger partial charge in [-0.15, -0.1) is 0 Å². The lowest BCUT2D eigenvalue weighted by molar-refractivity contribution is -0.216. The number of rotatable bonds is 6. The van der Waals surface area contributed by atoms with E-state index in [0.29, 0.717) is 12.8 Å². The van der Waals surface area contributed by atoms with Crippen molar-refractivity contribution in [3.8, 4) is 0 Å². The van der Waals surface area contributed by atoms with E-state index in [0.717, 1.165) is 6.26 Å². The van der Waals surface area contributed by atoms with Crippen molar-refractivity contribution >= 4 is 16.1 Å². The summed E-state index contributed by atoms with van der Waals surface area (Å²) in [5.41, 5.74) is -1.42. The van der Waals surface area contributed by atoms with Gasteiger partial charge in [-0.1, -0.05) is 0 Å². The van der Waals surface area contributed by atoms with Crippen molar-refractivity contribution < 1.29 is 27.8 Å². The van der Waals surface area contributed by atoms with Gasteiger partial charge in [-0.25, -0.2) is 17.9 Å². The number of aliphatic hydroxyl groups is 1. The second kappa shape index (κ2) is 7.61. The van der Waals surface area contributed by atoms with E-state index >= 15 is 0 Å². The first kappa shape index (κ1) is 23.1. The van der Waals surface area contributed by atoms with Crippen LogP contribution in [0.25, 0.3) is 0 Å². The van der Waals surface area contributed by atoms with Crippen LogP contribution in [0.3, 0.4) is 0 Å². The highest BCUT2D eigenvalue weighted by molar-refractivity contribution is 7.88. The topological polar surface area (TPSA) is 114 Å². The molecular formula is C17H34N2O6S. The predicted octanol–water partition coefficient (Wildman–Crippen LogP) is 1.73. The van der Waals surface area contributed by atoms with Gasteiger partial charge < -0.3 is 19.9 Å². The summed E-state index contributed by atoms with van der Waals surface area (Å²) in [7, 11) is -3.43. The summed E-state index contributed by atoms with van der Waals surface area (Å²) >= 11 is 0. The molecule has 3 N–H and O–H groups in total. The molecule has 9 heteroatoms. The van der Waals surface area contributed by atoms with E-state index in [1.54, 1.807) is 34.6 Å². The molecule has 1 fully saturated rings. The van der Waals surface area contributed by atoms with Crippen LogP contribution < -0.4 is 10.0 Å². The largest absolute Gasteiger partial charge is 0.444 e. The van der Waals surface area contributed by atoms with Crippen LogP contribution in [0.15, 0.2) is 0 Å². The molecular weight excluding hydrogens is 360 g/mol. The standard InChI is InChI=1S/C17H34N2O6S/c1-15(2,3)25-14(20)18-11-9-12(13(10-11)24-17(6,7)21)16(4,5)19-26(8,22)23/h11-13,19,21H,9-10H2,1-8H3,(H,18,20)/t11?,12?,13-/m0/s1. The van der Waals surface area contributed by atoms with Crippen LogP contribution in [0.2, 0.25) is 0 Å². The molecule has 26 heavy (non-hydrogen) atoms. The zero-order chi connectivity index (χ0) is 20.6. The minimum atomic E-state index is -3.43. The molecule has 1 amide bonds. The molecule has 0 heterocycles. The molecule has 0 saturated heterocycles. The third-order valence-corrected chi connectivity index (χ3v) is 4.94. The maximum Gasteiger partial charge on any atom is 0.407 e. The van der Waals surface area contributed by atoms with E-state index < -0.39 is 39.1 Å². The van der Waals surface area contributed by atoms with Gasteiger partial charge in [-0.05, 0) is 61.3 Å². The monoisotopic (exact) mass is 394 g/mol. The molecule has 0 aromatic carbocycles. The fourth-order valence-corrected chi connectivity index (χ4v) is 4.51. The Balaban J connectivity index is 2.94. The molecule has 8 nitrogen and oxygen atoms in total. The third-order valence-electron chi connectivity index (χ3n) is 4.04. The van der Waals surface area contributed by atoms with Crippen LogP contribution >= 0.6 is 0 Å². The summed E-state index contributed by atoms with van der Waals surface area (Å²) in [6, 6.07) is -0.247. The fourth-order valence-electron chi connectivity index (χ4n) is 3.40. The zero-order valence-corrected chi connectivity index (χ0v) is 17.9. The van der Waals surface area contributed by atoms with Gasteiger partial charge in [0.05, 0.1) is 12.4 Å². The van der Waals surface area contributed by atoms with Crippen molar-refractivity contribution in [2.75, 3.05) is 6.26 Å². The van der Waals surface area contributed by atoms with Crippen molar-refractivity contribution in [1.29, 1.82) is 0 Å². The average Bonchev–Trinajstić information content (AvgIpc) is 2.63. The molecule has 3 atom stereocenters. The van der Waals surface area contributed by atoms with Crippen molar-refractivity contribution in [2.45, 2.75) is 90.4 Å². The van der Waals surface area contributed by atoms with Crippen molar-refractivity contribution in [3.63, 3.8) is 0 Å². The van der Waals surface area contributed by atoms with Gasteiger partial charge in [-0.3, -0.25) is 0 Å². The quantitative estimate of drug-likeness (QED) is 0.591. The first-order chi connectivity index (χ1) is 11.4. The molecule has 0 spiro atoms. The first-order valence-corrected chi connectivity index (χ1v) is 10.7. The van der Waals surface area contributed by atoms with E-state index in [9.17, 15) is 18.3 Å². The van der Waals surface area contributed by atoms with Gasteiger partial charge >= 0.3 is 6.09 Å². The smallest absolute Gasteiger partial charge is 0.407 e. The van der Waals surface area contributed by atoms with Crippen LogP contribution in [0.4, 0.5) is 4.79 Å². The predicted molar refractivity (Wildman–Crippen MR) is 99.1 cm³/mol. The minimum absolute atomic E-state index is 0.247. The van der Waals surface area contributed by atoms with Crippen LogP contribution in [0.5, 0.6) is 0 Å². The maximum absolute atomic E-state index is 12.1. The number of ether oxygens (including phenoxy) is 2. The van der Waals surface area contributed by atoms with E-state index in [4.69, 9.17) is 9.47 Å². The molecule has 1 aliphatic rings. The highest BCUT2D eigenvalue weighted by atomic mass is 32.2. The summed E-state index contributed by atoms with van der Waals surface area (Å²) in [4.78, 5) is 12.1. The van der Waals surface area contributed by atoms with Crippen LogP contribution in [0, 0.1) is 5.92 Å². The van der Waals surface area contributed by atoms with E-state index in [-0.39, 0.29) is 12.0 Å². The minimum Gasteiger partial charge on any atom is -0.444 e. The Morgan fingerprint density at radius 2 is 1.62 bits per heavy atom. The summed E-state index contributed by atoms with van der Waals surface area (Å²) < 4.78 is 37.1. The lowest BCUT2D eigenvalue weighted by Crippen LogP contribution is -2.52. The molecule has 0 aromatic heterocycles. The Bertz CT molecular complexity index is 604. The number of hydrogen-bond acceptors (Lipinski definition) is 6. The highest BCUT2D eigenvalue weighted by Gasteiger charge is 2.47. The van der Waals surface area contributed by atoms with Gasteiger partial charge in [-0.2, -0.15) is 0 Å². The Morgan fingerprint density at radius 3 is 2.04 bits per heavy atom. The summed E-state index contributed by atoms with van der Waals surface area (Å²) in [5, 5.41) is 12.9. The zero-order valence-electron chi connectivity index (χ0n) is 17.0. The lowest BCUT2D eigenvalue weighted by atomic mass is 9.85. The first-order valence-electron chi connectivity index (χ1n) is 8.77. The summed E-state index contributed by atoms with van der Waals surface area (Å²) in [5.74, 6) is -1.62. The van der Waals surface area contributed by atoms with Crippen molar-refractivity contribution in [3.05, 3.63) is 0 Å². The molecule has 2 unspecified atom stereocenters. The molecule has 0 aliphatic heterocycles. The molecule has 0 aromatic rings. The molecule has 1 saturated carbocycles. The maximum atomic E-state index is 12.1. The number of nitrogens with one attached hydrogen (secondary N) is 2. The van der Waals surface area contributed by atoms with Crippen molar-refractivity contribution in [1.82, 2.24) is 10.0 Å². The van der Waals surface area contributed by atoms with Gasteiger partial charge in [0, 0.05) is 17.5 Å². The number of hydrogen-bond donors (Lipinski definition) is 3. The molecule has 154 valence electrons. The Hall–Kier alpha value is -0.900. The molecule has 1 aliphatic carbocycles. The Labute approximate surface area is 157 Å². The molecule has 0 bridgehead atoms. The van der Waals surface area contributed by atoms with Crippen molar-refractivity contribution in [2.24, 2.45) is 5.92 Å². The van der Waals surface area contributed by atoms with Gasteiger partial charge in [0.15, 0.2) is 5.79 Å². The summed E-state index contributed by atoms with van der Waals surface area (Å²) in [6.45, 7) is 11.9. The molecule has 0 radical (unpaired) electrons. The third kappa shape index (κ3) is 8.20. The second-order valence-corrected chi connectivity index (χ2v) is 10.9. The van der Waals surface area contributed by atoms with E-state index in [2.05, 4.69) is 10.0 Å². The average molecular weight is 395 g/mol.